The molecule has 1 heterocycles. The molecule has 0 saturated carbocycles. The molecule has 1 aromatic carbocycles. The maximum absolute atomic E-state index is 13.2. The summed E-state index contributed by atoms with van der Waals surface area (Å²) in [5.74, 6) is -1.63. The Labute approximate surface area is 174 Å². The number of hydrogen-bond acceptors (Lipinski definition) is 6. The molecule has 0 aliphatic carbocycles. The fraction of sp³-hybridized carbons (Fsp3) is 0.474. The topological polar surface area (TPSA) is 93.8 Å². The molecule has 172 valence electrons. The Kier molecular flexibility index (Phi) is 7.47. The van der Waals surface area contributed by atoms with Gasteiger partial charge in [0.15, 0.2) is 0 Å². The molecule has 2 rings (SSSR count). The molecule has 2 aromatic rings. The van der Waals surface area contributed by atoms with Crippen LogP contribution in [0.2, 0.25) is 0 Å². The molecular weight excluding hydrogens is 431 g/mol. The highest BCUT2D eigenvalue weighted by atomic mass is 19.3. The molecule has 1 amide bonds. The fourth-order valence-electron chi connectivity index (χ4n) is 2.43. The van der Waals surface area contributed by atoms with Gasteiger partial charge in [-0.1, -0.05) is 12.1 Å². The summed E-state index contributed by atoms with van der Waals surface area (Å²) in [6.07, 6.45) is -11.5. The van der Waals surface area contributed by atoms with Crippen molar-refractivity contribution in [2.24, 2.45) is 0 Å². The highest BCUT2D eigenvalue weighted by molar-refractivity contribution is 5.68. The zero-order chi connectivity index (χ0) is 23.4. The number of aliphatic hydroxyl groups is 1. The first-order valence-electron chi connectivity index (χ1n) is 9.00. The monoisotopic (exact) mass is 452 g/mol. The third kappa shape index (κ3) is 7.39. The Morgan fingerprint density at radius 2 is 1.84 bits per heavy atom. The average molecular weight is 452 g/mol. The van der Waals surface area contributed by atoms with E-state index in [0.717, 1.165) is 18.2 Å². The minimum atomic E-state index is -4.78. The van der Waals surface area contributed by atoms with E-state index in [0.29, 0.717) is 0 Å². The predicted molar refractivity (Wildman–Crippen MR) is 96.3 cm³/mol. The van der Waals surface area contributed by atoms with Crippen LogP contribution in [0.4, 0.5) is 26.7 Å². The summed E-state index contributed by atoms with van der Waals surface area (Å²) >= 11 is 0. The summed E-state index contributed by atoms with van der Waals surface area (Å²) in [6.45, 7) is 4.84. The zero-order valence-electron chi connectivity index (χ0n) is 16.7. The largest absolute Gasteiger partial charge is 0.462 e. The number of rotatable bonds is 8. The van der Waals surface area contributed by atoms with Crippen molar-refractivity contribution < 1.29 is 45.8 Å². The van der Waals surface area contributed by atoms with Gasteiger partial charge < -0.3 is 24.4 Å². The SMILES string of the molecule is CC(C)(C)OC(=O)NC(Cc1cc(OC(F)(F)C(F)F)no1)C(O)c1ccc(F)cc1. The Hall–Kier alpha value is -2.89. The molecule has 0 spiro atoms. The normalized spacial score (nSPS) is 14.3. The Bertz CT molecular complexity index is 867. The standard InChI is InChI=1S/C19H21F5N2O5/c1-18(2,3)30-17(28)25-13(15(27)10-4-6-11(20)7-5-10)8-12-9-14(26-31-12)29-19(23,24)16(21)22/h4-7,9,13,15-16,27H,8H2,1-3H3,(H,25,28). The molecule has 1 aromatic heterocycles. The minimum Gasteiger partial charge on any atom is -0.444 e. The van der Waals surface area contributed by atoms with Crippen molar-refractivity contribution in [2.45, 2.75) is 57.5 Å². The second-order valence-electron chi connectivity index (χ2n) is 7.55. The lowest BCUT2D eigenvalue weighted by Crippen LogP contribution is -2.43. The number of aliphatic hydroxyl groups excluding tert-OH is 1. The van der Waals surface area contributed by atoms with Gasteiger partial charge >= 0.3 is 18.6 Å². The summed E-state index contributed by atoms with van der Waals surface area (Å²) in [5.41, 5.74) is -0.633. The highest BCUT2D eigenvalue weighted by Crippen LogP contribution is 2.28. The van der Waals surface area contributed by atoms with Gasteiger partial charge in [-0.2, -0.15) is 17.6 Å². The number of ether oxygens (including phenoxy) is 2. The van der Waals surface area contributed by atoms with Gasteiger partial charge in [-0.05, 0) is 43.6 Å². The molecule has 2 unspecified atom stereocenters. The van der Waals surface area contributed by atoms with E-state index in [1.807, 2.05) is 0 Å². The number of aromatic nitrogens is 1. The highest BCUT2D eigenvalue weighted by Gasteiger charge is 2.44. The molecule has 7 nitrogen and oxygen atoms in total. The van der Waals surface area contributed by atoms with Gasteiger partial charge in [0, 0.05) is 12.5 Å². The van der Waals surface area contributed by atoms with Crippen molar-refractivity contribution in [3.8, 4) is 5.88 Å². The Balaban J connectivity index is 2.20. The second kappa shape index (κ2) is 9.50. The van der Waals surface area contributed by atoms with E-state index in [1.165, 1.54) is 12.1 Å². The van der Waals surface area contributed by atoms with E-state index in [9.17, 15) is 31.9 Å². The predicted octanol–water partition coefficient (Wildman–Crippen LogP) is 4.22. The van der Waals surface area contributed by atoms with Crippen molar-refractivity contribution >= 4 is 6.09 Å². The van der Waals surface area contributed by atoms with Gasteiger partial charge in [0.2, 0.25) is 0 Å². The lowest BCUT2D eigenvalue weighted by Gasteiger charge is -2.26. The maximum atomic E-state index is 13.2. The number of amides is 1. The van der Waals surface area contributed by atoms with Crippen molar-refractivity contribution in [1.82, 2.24) is 10.5 Å². The molecule has 0 radical (unpaired) electrons. The van der Waals surface area contributed by atoms with Gasteiger partial charge in [0.25, 0.3) is 5.88 Å². The molecule has 2 N–H and O–H groups in total. The van der Waals surface area contributed by atoms with Crippen molar-refractivity contribution in [2.75, 3.05) is 0 Å². The number of alkyl halides is 4. The van der Waals surface area contributed by atoms with Gasteiger partial charge in [0.1, 0.15) is 17.2 Å². The Morgan fingerprint density at radius 1 is 1.23 bits per heavy atom. The molecular formula is C19H21F5N2O5. The van der Waals surface area contributed by atoms with E-state index in [-0.39, 0.29) is 17.7 Å². The van der Waals surface area contributed by atoms with Crippen LogP contribution in [0.5, 0.6) is 5.88 Å². The third-order valence-corrected chi connectivity index (χ3v) is 3.75. The first-order valence-corrected chi connectivity index (χ1v) is 9.00. The van der Waals surface area contributed by atoms with Crippen LogP contribution < -0.4 is 10.1 Å². The molecule has 2 atom stereocenters. The summed E-state index contributed by atoms with van der Waals surface area (Å²) in [7, 11) is 0. The van der Waals surface area contributed by atoms with E-state index in [2.05, 4.69) is 15.2 Å². The van der Waals surface area contributed by atoms with E-state index in [1.54, 1.807) is 20.8 Å². The van der Waals surface area contributed by atoms with Gasteiger partial charge in [0.05, 0.1) is 12.1 Å². The summed E-state index contributed by atoms with van der Waals surface area (Å²) in [4.78, 5) is 12.2. The van der Waals surface area contributed by atoms with Crippen LogP contribution in [0.25, 0.3) is 0 Å². The summed E-state index contributed by atoms with van der Waals surface area (Å²) in [6, 6.07) is 4.42. The molecule has 12 heteroatoms. The van der Waals surface area contributed by atoms with Crippen LogP contribution in [0.15, 0.2) is 34.9 Å². The number of halogens is 5. The molecule has 0 aliphatic rings. The van der Waals surface area contributed by atoms with Crippen molar-refractivity contribution in [1.29, 1.82) is 0 Å². The lowest BCUT2D eigenvalue weighted by molar-refractivity contribution is -0.255. The Morgan fingerprint density at radius 3 is 2.39 bits per heavy atom. The van der Waals surface area contributed by atoms with E-state index >= 15 is 0 Å². The van der Waals surface area contributed by atoms with Crippen molar-refractivity contribution in [3.63, 3.8) is 0 Å². The number of benzene rings is 1. The van der Waals surface area contributed by atoms with Crippen LogP contribution in [0, 0.1) is 5.82 Å². The lowest BCUT2D eigenvalue weighted by atomic mass is 9.98. The zero-order valence-corrected chi connectivity index (χ0v) is 16.7. The van der Waals surface area contributed by atoms with Crippen LogP contribution in [0.3, 0.4) is 0 Å². The van der Waals surface area contributed by atoms with E-state index in [4.69, 9.17) is 9.26 Å². The fourth-order valence-corrected chi connectivity index (χ4v) is 2.43. The van der Waals surface area contributed by atoms with Gasteiger partial charge in [-0.15, -0.1) is 0 Å². The number of alkyl carbamates (subject to hydrolysis) is 1. The van der Waals surface area contributed by atoms with Crippen LogP contribution in [0.1, 0.15) is 38.2 Å². The number of carbonyl (C=O) groups is 1. The molecule has 0 aliphatic heterocycles. The average Bonchev–Trinajstić information content (AvgIpc) is 3.05. The summed E-state index contributed by atoms with van der Waals surface area (Å²) in [5, 5.41) is 16.2. The van der Waals surface area contributed by atoms with Crippen molar-refractivity contribution in [3.05, 3.63) is 47.5 Å². The maximum Gasteiger partial charge on any atom is 0.462 e. The summed E-state index contributed by atoms with van der Waals surface area (Å²) < 4.78 is 77.5. The third-order valence-electron chi connectivity index (χ3n) is 3.75. The first-order chi connectivity index (χ1) is 14.3. The number of hydrogen-bond donors (Lipinski definition) is 2. The smallest absolute Gasteiger partial charge is 0.444 e. The van der Waals surface area contributed by atoms with Gasteiger partial charge in [-0.3, -0.25) is 0 Å². The number of nitrogens with one attached hydrogen (secondary N) is 1. The quantitative estimate of drug-likeness (QED) is 0.583. The molecule has 31 heavy (non-hydrogen) atoms. The number of carbonyl (C=O) groups excluding carboxylic acids is 1. The second-order valence-corrected chi connectivity index (χ2v) is 7.55. The van der Waals surface area contributed by atoms with Gasteiger partial charge in [-0.25, -0.2) is 9.18 Å². The van der Waals surface area contributed by atoms with Crippen LogP contribution >= 0.6 is 0 Å². The molecule has 0 saturated heterocycles. The molecule has 0 fully saturated rings. The van der Waals surface area contributed by atoms with E-state index < -0.39 is 48.1 Å². The van der Waals surface area contributed by atoms with Crippen LogP contribution in [-0.4, -0.2) is 40.5 Å². The first kappa shape index (κ1) is 24.4. The van der Waals surface area contributed by atoms with Crippen LogP contribution in [-0.2, 0) is 11.2 Å². The minimum absolute atomic E-state index is 0.165. The number of nitrogens with zero attached hydrogens (tertiary/aromatic N) is 1. The molecule has 0 bridgehead atoms.